The highest BCUT2D eigenvalue weighted by atomic mass is 32.2. The van der Waals surface area contributed by atoms with Crippen LogP contribution >= 0.6 is 0 Å². The summed E-state index contributed by atoms with van der Waals surface area (Å²) in [4.78, 5) is 26.4. The molecule has 1 saturated carbocycles. The van der Waals surface area contributed by atoms with E-state index in [4.69, 9.17) is 0 Å². The molecule has 0 radical (unpaired) electrons. The first-order valence-electron chi connectivity index (χ1n) is 11.9. The van der Waals surface area contributed by atoms with E-state index < -0.39 is 26.3 Å². The van der Waals surface area contributed by atoms with E-state index in [9.17, 15) is 31.2 Å². The highest BCUT2D eigenvalue weighted by molar-refractivity contribution is 7.92. The zero-order valence-corrected chi connectivity index (χ0v) is 21.0. The normalized spacial score (nSPS) is 17.6. The highest BCUT2D eigenvalue weighted by Crippen LogP contribution is 2.39. The molecule has 36 heavy (non-hydrogen) atoms. The summed E-state index contributed by atoms with van der Waals surface area (Å²) in [6, 6.07) is 10.5. The summed E-state index contributed by atoms with van der Waals surface area (Å²) in [7, 11) is -4.07. The molecule has 0 atom stereocenters. The summed E-state index contributed by atoms with van der Waals surface area (Å²) >= 11 is 0. The monoisotopic (exact) mass is 522 g/mol. The maximum absolute atomic E-state index is 13.3. The van der Waals surface area contributed by atoms with E-state index in [1.54, 1.807) is 29.2 Å². The van der Waals surface area contributed by atoms with Crippen molar-refractivity contribution >= 4 is 21.7 Å². The predicted octanol–water partition coefficient (Wildman–Crippen LogP) is 4.70. The first kappa shape index (κ1) is 26.2. The Bertz CT molecular complexity index is 1240. The van der Waals surface area contributed by atoms with Gasteiger partial charge >= 0.3 is 6.18 Å². The SMILES string of the molecule is CC(C)(C1CCN(C(=O)c2ccc(C(=O)NC3CC3)cc2)CC1)S(=O)(=O)c1cccc(C(F)(F)F)c1. The molecule has 4 rings (SSSR count). The van der Waals surface area contributed by atoms with Crippen LogP contribution in [0.5, 0.6) is 0 Å². The summed E-state index contributed by atoms with van der Waals surface area (Å²) < 4.78 is 64.8. The number of likely N-dealkylation sites (tertiary alicyclic amines) is 1. The number of nitrogens with zero attached hydrogens (tertiary/aromatic N) is 1. The molecular weight excluding hydrogens is 493 g/mol. The summed E-state index contributed by atoms with van der Waals surface area (Å²) in [6.45, 7) is 3.73. The van der Waals surface area contributed by atoms with Gasteiger partial charge in [0.15, 0.2) is 9.84 Å². The van der Waals surface area contributed by atoms with E-state index in [0.717, 1.165) is 25.0 Å². The zero-order chi connectivity index (χ0) is 26.3. The average molecular weight is 523 g/mol. The van der Waals surface area contributed by atoms with Gasteiger partial charge in [0.1, 0.15) is 0 Å². The molecule has 1 saturated heterocycles. The quantitative estimate of drug-likeness (QED) is 0.596. The maximum atomic E-state index is 13.3. The number of rotatable bonds is 6. The Kier molecular flexibility index (Phi) is 6.94. The number of amides is 2. The number of sulfone groups is 1. The second kappa shape index (κ2) is 9.53. The fourth-order valence-corrected chi connectivity index (χ4v) is 6.41. The van der Waals surface area contributed by atoms with Gasteiger partial charge in [0.2, 0.25) is 0 Å². The Labute approximate surface area is 208 Å². The summed E-state index contributed by atoms with van der Waals surface area (Å²) in [5, 5.41) is 2.90. The molecule has 2 amide bonds. The van der Waals surface area contributed by atoms with Crippen molar-refractivity contribution in [2.45, 2.75) is 61.4 Å². The van der Waals surface area contributed by atoms with Gasteiger partial charge in [-0.15, -0.1) is 0 Å². The van der Waals surface area contributed by atoms with Crippen molar-refractivity contribution in [3.05, 3.63) is 65.2 Å². The lowest BCUT2D eigenvalue weighted by atomic mass is 9.85. The van der Waals surface area contributed by atoms with E-state index in [1.165, 1.54) is 19.9 Å². The van der Waals surface area contributed by atoms with Crippen molar-refractivity contribution in [1.82, 2.24) is 10.2 Å². The number of carbonyl (C=O) groups excluding carboxylic acids is 2. The molecule has 194 valence electrons. The lowest BCUT2D eigenvalue weighted by Gasteiger charge is -2.40. The van der Waals surface area contributed by atoms with Crippen LogP contribution in [-0.4, -0.2) is 49.0 Å². The fourth-order valence-electron chi connectivity index (χ4n) is 4.58. The minimum Gasteiger partial charge on any atom is -0.349 e. The predicted molar refractivity (Wildman–Crippen MR) is 128 cm³/mol. The molecule has 6 nitrogen and oxygen atoms in total. The van der Waals surface area contributed by atoms with Crippen LogP contribution in [0, 0.1) is 5.92 Å². The van der Waals surface area contributed by atoms with Crippen molar-refractivity contribution < 1.29 is 31.2 Å². The van der Waals surface area contributed by atoms with E-state index in [0.29, 0.717) is 43.1 Å². The molecule has 1 N–H and O–H groups in total. The van der Waals surface area contributed by atoms with Gasteiger partial charge in [-0.3, -0.25) is 9.59 Å². The molecule has 2 aromatic rings. The summed E-state index contributed by atoms with van der Waals surface area (Å²) in [5.41, 5.74) is -0.0817. The van der Waals surface area contributed by atoms with Crippen LogP contribution in [0.15, 0.2) is 53.4 Å². The van der Waals surface area contributed by atoms with Gasteiger partial charge in [0, 0.05) is 30.3 Å². The third-order valence-corrected chi connectivity index (χ3v) is 9.83. The van der Waals surface area contributed by atoms with Crippen molar-refractivity contribution in [2.75, 3.05) is 13.1 Å². The lowest BCUT2D eigenvalue weighted by molar-refractivity contribution is -0.137. The Morgan fingerprint density at radius 2 is 1.50 bits per heavy atom. The number of alkyl halides is 3. The average Bonchev–Trinajstić information content (AvgIpc) is 3.67. The van der Waals surface area contributed by atoms with Crippen LogP contribution in [0.25, 0.3) is 0 Å². The number of nitrogens with one attached hydrogen (secondary N) is 1. The fraction of sp³-hybridized carbons (Fsp3) is 0.462. The molecular formula is C26H29F3N2O4S. The van der Waals surface area contributed by atoms with E-state index in [-0.39, 0.29) is 28.7 Å². The number of benzene rings is 2. The molecule has 2 fully saturated rings. The van der Waals surface area contributed by atoms with Gasteiger partial charge in [-0.2, -0.15) is 13.2 Å². The van der Waals surface area contributed by atoms with E-state index >= 15 is 0 Å². The van der Waals surface area contributed by atoms with Crippen LogP contribution in [0.2, 0.25) is 0 Å². The number of carbonyl (C=O) groups is 2. The molecule has 10 heteroatoms. The summed E-state index contributed by atoms with van der Waals surface area (Å²) in [6.07, 6.45) is -1.87. The second-order valence-electron chi connectivity index (χ2n) is 10.0. The minimum atomic E-state index is -4.64. The molecule has 1 aliphatic heterocycles. The number of piperidine rings is 1. The largest absolute Gasteiger partial charge is 0.416 e. The van der Waals surface area contributed by atoms with Gasteiger partial charge in [0.25, 0.3) is 11.8 Å². The van der Waals surface area contributed by atoms with E-state index in [2.05, 4.69) is 5.32 Å². The van der Waals surface area contributed by atoms with Gasteiger partial charge < -0.3 is 10.2 Å². The van der Waals surface area contributed by atoms with Gasteiger partial charge in [-0.05, 0) is 87.9 Å². The molecule has 2 aromatic carbocycles. The van der Waals surface area contributed by atoms with Crippen LogP contribution < -0.4 is 5.32 Å². The Morgan fingerprint density at radius 3 is 2.06 bits per heavy atom. The third kappa shape index (κ3) is 5.28. The Balaban J connectivity index is 1.41. The zero-order valence-electron chi connectivity index (χ0n) is 20.1. The second-order valence-corrected chi connectivity index (χ2v) is 12.6. The van der Waals surface area contributed by atoms with Crippen LogP contribution in [0.1, 0.15) is 65.8 Å². The number of hydrogen-bond acceptors (Lipinski definition) is 4. The molecule has 0 bridgehead atoms. The molecule has 0 unspecified atom stereocenters. The van der Waals surface area contributed by atoms with Crippen molar-refractivity contribution in [3.63, 3.8) is 0 Å². The van der Waals surface area contributed by atoms with Crippen LogP contribution in [0.4, 0.5) is 13.2 Å². The molecule has 2 aliphatic rings. The lowest BCUT2D eigenvalue weighted by Crippen LogP contribution is -2.47. The van der Waals surface area contributed by atoms with Gasteiger partial charge in [-0.1, -0.05) is 6.07 Å². The Morgan fingerprint density at radius 1 is 0.917 bits per heavy atom. The van der Waals surface area contributed by atoms with Crippen molar-refractivity contribution in [1.29, 1.82) is 0 Å². The van der Waals surface area contributed by atoms with Gasteiger partial charge in [-0.25, -0.2) is 8.42 Å². The standard InChI is InChI=1S/C26H29F3N2O4S/c1-25(2,36(34,35)22-5-3-4-20(16-22)26(27,28)29)19-12-14-31(15-13-19)24(33)18-8-6-17(7-9-18)23(32)30-21-10-11-21/h3-9,16,19,21H,10-15H2,1-2H3,(H,30,32). The smallest absolute Gasteiger partial charge is 0.349 e. The summed E-state index contributed by atoms with van der Waals surface area (Å²) in [5.74, 6) is -0.711. The molecule has 0 aromatic heterocycles. The first-order chi connectivity index (χ1) is 16.8. The Hall–Kier alpha value is -2.88. The highest BCUT2D eigenvalue weighted by Gasteiger charge is 2.45. The van der Waals surface area contributed by atoms with Crippen LogP contribution in [0.3, 0.4) is 0 Å². The molecule has 1 aliphatic carbocycles. The molecule has 0 spiro atoms. The van der Waals surface area contributed by atoms with Crippen LogP contribution in [-0.2, 0) is 16.0 Å². The number of hydrogen-bond donors (Lipinski definition) is 1. The molecule has 1 heterocycles. The van der Waals surface area contributed by atoms with Crippen molar-refractivity contribution in [2.24, 2.45) is 5.92 Å². The van der Waals surface area contributed by atoms with Crippen molar-refractivity contribution in [3.8, 4) is 0 Å². The van der Waals surface area contributed by atoms with Gasteiger partial charge in [0.05, 0.1) is 15.2 Å². The first-order valence-corrected chi connectivity index (χ1v) is 13.4. The third-order valence-electron chi connectivity index (χ3n) is 7.24. The maximum Gasteiger partial charge on any atom is 0.416 e. The minimum absolute atomic E-state index is 0.165. The topological polar surface area (TPSA) is 83.6 Å². The number of halogens is 3. The van der Waals surface area contributed by atoms with E-state index in [1.807, 2.05) is 0 Å².